The summed E-state index contributed by atoms with van der Waals surface area (Å²) in [6, 6.07) is 8.06. The molecule has 1 saturated heterocycles. The molecule has 1 aromatic rings. The fraction of sp³-hybridized carbons (Fsp3) is 0.476. The SMILES string of the molecule is CC(C)(C)OC(=O)N(/C=C(/C#N)C(=O)N1CCN(c2ccc(F)cc2)CC1)CCN. The predicted molar refractivity (Wildman–Crippen MR) is 111 cm³/mol. The summed E-state index contributed by atoms with van der Waals surface area (Å²) in [5.74, 6) is -0.759. The summed E-state index contributed by atoms with van der Waals surface area (Å²) in [4.78, 5) is 29.9. The Morgan fingerprint density at radius 1 is 1.23 bits per heavy atom. The smallest absolute Gasteiger partial charge is 0.414 e. The quantitative estimate of drug-likeness (QED) is 0.581. The van der Waals surface area contributed by atoms with E-state index in [0.29, 0.717) is 26.2 Å². The molecule has 2 rings (SSSR count). The number of carbonyl (C=O) groups is 2. The molecule has 162 valence electrons. The van der Waals surface area contributed by atoms with Gasteiger partial charge in [-0.15, -0.1) is 0 Å². The van der Waals surface area contributed by atoms with Crippen molar-refractivity contribution in [2.24, 2.45) is 5.73 Å². The normalized spacial score (nSPS) is 14.9. The first-order valence-corrected chi connectivity index (χ1v) is 9.76. The number of benzene rings is 1. The highest BCUT2D eigenvalue weighted by Gasteiger charge is 2.26. The summed E-state index contributed by atoms with van der Waals surface area (Å²) in [5, 5.41) is 9.49. The molecule has 2 N–H and O–H groups in total. The Kier molecular flexibility index (Phi) is 7.78. The molecule has 1 aromatic carbocycles. The zero-order chi connectivity index (χ0) is 22.3. The van der Waals surface area contributed by atoms with E-state index in [0.717, 1.165) is 10.6 Å². The molecule has 0 bridgehead atoms. The van der Waals surface area contributed by atoms with Crippen molar-refractivity contribution in [3.8, 4) is 6.07 Å². The molecule has 0 aromatic heterocycles. The molecule has 0 spiro atoms. The zero-order valence-electron chi connectivity index (χ0n) is 17.6. The second-order valence-electron chi connectivity index (χ2n) is 7.87. The van der Waals surface area contributed by atoms with E-state index in [-0.39, 0.29) is 24.5 Å². The molecular formula is C21H28FN5O3. The fourth-order valence-corrected chi connectivity index (χ4v) is 2.95. The molecule has 0 atom stereocenters. The number of hydrogen-bond acceptors (Lipinski definition) is 6. The highest BCUT2D eigenvalue weighted by molar-refractivity contribution is 5.97. The molecule has 1 aliphatic rings. The Morgan fingerprint density at radius 3 is 2.33 bits per heavy atom. The third-order valence-electron chi connectivity index (χ3n) is 4.39. The van der Waals surface area contributed by atoms with Crippen molar-refractivity contribution in [2.75, 3.05) is 44.2 Å². The lowest BCUT2D eigenvalue weighted by Crippen LogP contribution is -2.49. The Balaban J connectivity index is 2.06. The van der Waals surface area contributed by atoms with Crippen LogP contribution in [0.3, 0.4) is 0 Å². The van der Waals surface area contributed by atoms with E-state index >= 15 is 0 Å². The summed E-state index contributed by atoms with van der Waals surface area (Å²) in [6.07, 6.45) is 0.532. The zero-order valence-corrected chi connectivity index (χ0v) is 17.6. The van der Waals surface area contributed by atoms with Crippen LogP contribution in [-0.4, -0.2) is 66.7 Å². The first-order chi connectivity index (χ1) is 14.1. The van der Waals surface area contributed by atoms with Gasteiger partial charge in [0.25, 0.3) is 5.91 Å². The number of ether oxygens (including phenoxy) is 1. The number of carbonyl (C=O) groups excluding carboxylic acids is 2. The van der Waals surface area contributed by atoms with Gasteiger partial charge in [-0.2, -0.15) is 5.26 Å². The number of nitrogens with two attached hydrogens (primary N) is 1. The van der Waals surface area contributed by atoms with Gasteiger partial charge in [-0.3, -0.25) is 9.69 Å². The van der Waals surface area contributed by atoms with E-state index in [1.165, 1.54) is 18.3 Å². The molecule has 8 nitrogen and oxygen atoms in total. The predicted octanol–water partition coefficient (Wildman–Crippen LogP) is 2.08. The Labute approximate surface area is 176 Å². The molecule has 2 amide bonds. The maximum atomic E-state index is 13.1. The third kappa shape index (κ3) is 6.46. The van der Waals surface area contributed by atoms with Crippen molar-refractivity contribution in [3.05, 3.63) is 41.9 Å². The molecular weight excluding hydrogens is 389 g/mol. The first kappa shape index (κ1) is 23.2. The van der Waals surface area contributed by atoms with E-state index in [2.05, 4.69) is 0 Å². The van der Waals surface area contributed by atoms with Crippen LogP contribution in [0.2, 0.25) is 0 Å². The summed E-state index contributed by atoms with van der Waals surface area (Å²) < 4.78 is 18.4. The summed E-state index contributed by atoms with van der Waals surface area (Å²) in [7, 11) is 0. The van der Waals surface area contributed by atoms with Crippen LogP contribution in [0.5, 0.6) is 0 Å². The monoisotopic (exact) mass is 417 g/mol. The summed E-state index contributed by atoms with van der Waals surface area (Å²) in [6.45, 7) is 7.36. The highest BCUT2D eigenvalue weighted by atomic mass is 19.1. The van der Waals surface area contributed by atoms with Gasteiger partial charge in [-0.25, -0.2) is 9.18 Å². The van der Waals surface area contributed by atoms with Gasteiger partial charge in [0.05, 0.1) is 0 Å². The molecule has 0 saturated carbocycles. The summed E-state index contributed by atoms with van der Waals surface area (Å²) >= 11 is 0. The van der Waals surface area contributed by atoms with Crippen LogP contribution in [-0.2, 0) is 9.53 Å². The van der Waals surface area contributed by atoms with Crippen LogP contribution in [0.1, 0.15) is 20.8 Å². The van der Waals surface area contributed by atoms with Crippen LogP contribution >= 0.6 is 0 Å². The minimum atomic E-state index is -0.717. The van der Waals surface area contributed by atoms with Gasteiger partial charge in [0.1, 0.15) is 23.1 Å². The fourth-order valence-electron chi connectivity index (χ4n) is 2.95. The number of piperazine rings is 1. The van der Waals surface area contributed by atoms with Gasteiger partial charge in [-0.1, -0.05) is 0 Å². The van der Waals surface area contributed by atoms with Gasteiger partial charge in [0, 0.05) is 51.2 Å². The molecule has 1 aliphatic heterocycles. The number of rotatable bonds is 5. The molecule has 30 heavy (non-hydrogen) atoms. The van der Waals surface area contributed by atoms with Crippen molar-refractivity contribution >= 4 is 17.7 Å². The number of hydrogen-bond donors (Lipinski definition) is 1. The lowest BCUT2D eigenvalue weighted by atomic mass is 10.2. The van der Waals surface area contributed by atoms with Crippen LogP contribution < -0.4 is 10.6 Å². The van der Waals surface area contributed by atoms with Crippen molar-refractivity contribution in [1.29, 1.82) is 5.26 Å². The van der Waals surface area contributed by atoms with Crippen molar-refractivity contribution in [3.63, 3.8) is 0 Å². The van der Waals surface area contributed by atoms with Crippen LogP contribution in [0.15, 0.2) is 36.0 Å². The largest absolute Gasteiger partial charge is 0.443 e. The highest BCUT2D eigenvalue weighted by Crippen LogP contribution is 2.18. The third-order valence-corrected chi connectivity index (χ3v) is 4.39. The number of nitriles is 1. The maximum Gasteiger partial charge on any atom is 0.414 e. The Morgan fingerprint density at radius 2 is 1.83 bits per heavy atom. The van der Waals surface area contributed by atoms with E-state index in [4.69, 9.17) is 10.5 Å². The minimum Gasteiger partial charge on any atom is -0.443 e. The van der Waals surface area contributed by atoms with Gasteiger partial charge in [-0.05, 0) is 45.0 Å². The van der Waals surface area contributed by atoms with Crippen molar-refractivity contribution < 1.29 is 18.7 Å². The van der Waals surface area contributed by atoms with E-state index < -0.39 is 17.6 Å². The average molecular weight is 417 g/mol. The van der Waals surface area contributed by atoms with Crippen molar-refractivity contribution in [2.45, 2.75) is 26.4 Å². The molecule has 1 fully saturated rings. The number of anilines is 1. The summed E-state index contributed by atoms with van der Waals surface area (Å²) in [5.41, 5.74) is 5.56. The Bertz CT molecular complexity index is 819. The van der Waals surface area contributed by atoms with Gasteiger partial charge < -0.3 is 20.3 Å². The molecule has 9 heteroatoms. The van der Waals surface area contributed by atoms with Crippen LogP contribution in [0, 0.1) is 17.1 Å². The van der Waals surface area contributed by atoms with Gasteiger partial charge in [0.2, 0.25) is 0 Å². The van der Waals surface area contributed by atoms with Gasteiger partial charge in [0.15, 0.2) is 0 Å². The second kappa shape index (κ2) is 10.1. The average Bonchev–Trinajstić information content (AvgIpc) is 2.70. The standard InChI is InChI=1S/C21H28FN5O3/c1-21(2,3)30-20(29)27(9-8-23)15-16(14-24)19(28)26-12-10-25(11-13-26)18-6-4-17(22)5-7-18/h4-7,15H,8-13,23H2,1-3H3/b16-15-. The van der Waals surface area contributed by atoms with Gasteiger partial charge >= 0.3 is 6.09 Å². The van der Waals surface area contributed by atoms with E-state index in [1.54, 1.807) is 37.8 Å². The number of amides is 2. The lowest BCUT2D eigenvalue weighted by molar-refractivity contribution is -0.127. The minimum absolute atomic E-state index is 0.117. The number of halogens is 1. The first-order valence-electron chi connectivity index (χ1n) is 9.76. The molecule has 0 aliphatic carbocycles. The molecule has 0 unspecified atom stereocenters. The lowest BCUT2D eigenvalue weighted by Gasteiger charge is -2.36. The molecule has 1 heterocycles. The van der Waals surface area contributed by atoms with E-state index in [9.17, 15) is 19.2 Å². The molecule has 0 radical (unpaired) electrons. The van der Waals surface area contributed by atoms with Crippen LogP contribution in [0.25, 0.3) is 0 Å². The van der Waals surface area contributed by atoms with Crippen molar-refractivity contribution in [1.82, 2.24) is 9.80 Å². The topological polar surface area (TPSA) is 103 Å². The maximum absolute atomic E-state index is 13.1. The Hall–Kier alpha value is -3.12. The van der Waals surface area contributed by atoms with E-state index in [1.807, 2.05) is 11.0 Å². The second-order valence-corrected chi connectivity index (χ2v) is 7.87. The number of nitrogens with zero attached hydrogens (tertiary/aromatic N) is 4. The van der Waals surface area contributed by atoms with Crippen LogP contribution in [0.4, 0.5) is 14.9 Å².